The van der Waals surface area contributed by atoms with E-state index in [1.165, 1.54) is 77.0 Å². The molecule has 1 heteroatoms. The van der Waals surface area contributed by atoms with E-state index >= 15 is 0 Å². The molecule has 0 bridgehead atoms. The minimum Gasteiger partial charge on any atom is -0.393 e. The van der Waals surface area contributed by atoms with Gasteiger partial charge in [0.15, 0.2) is 0 Å². The van der Waals surface area contributed by atoms with Crippen LogP contribution >= 0.6 is 0 Å². The maximum absolute atomic E-state index is 9.93. The smallest absolute Gasteiger partial charge is 0.0514 e. The topological polar surface area (TPSA) is 20.2 Å². The van der Waals surface area contributed by atoms with Gasteiger partial charge >= 0.3 is 0 Å². The Kier molecular flexibility index (Phi) is 7.23. The molecule has 0 aliphatic heterocycles. The highest BCUT2D eigenvalue weighted by molar-refractivity contribution is 5.09. The molecule has 4 aliphatic rings. The van der Waals surface area contributed by atoms with Gasteiger partial charge in [-0.2, -0.15) is 0 Å². The number of aliphatic hydroxyl groups excluding tert-OH is 1. The maximum Gasteiger partial charge on any atom is 0.0514 e. The molecule has 4 rings (SSSR count). The second kappa shape index (κ2) is 9.31. The van der Waals surface area contributed by atoms with E-state index in [-0.39, 0.29) is 6.10 Å². The van der Waals surface area contributed by atoms with Crippen molar-refractivity contribution < 1.29 is 5.11 Å². The second-order valence-corrected chi connectivity index (χ2v) is 13.9. The molecule has 0 saturated heterocycles. The van der Waals surface area contributed by atoms with Crippen LogP contribution in [0.3, 0.4) is 0 Å². The summed E-state index contributed by atoms with van der Waals surface area (Å²) in [6.45, 7) is 14.8. The summed E-state index contributed by atoms with van der Waals surface area (Å²) in [6, 6.07) is 0. The van der Waals surface area contributed by atoms with Crippen LogP contribution in [-0.2, 0) is 0 Å². The maximum atomic E-state index is 9.93. The van der Waals surface area contributed by atoms with Crippen LogP contribution in [0.25, 0.3) is 0 Å². The first-order chi connectivity index (χ1) is 14.6. The Morgan fingerprint density at radius 2 is 1.52 bits per heavy atom. The normalized spacial score (nSPS) is 46.8. The Morgan fingerprint density at radius 1 is 0.806 bits per heavy atom. The highest BCUT2D eigenvalue weighted by atomic mass is 16.3. The predicted molar refractivity (Wildman–Crippen MR) is 133 cm³/mol. The lowest BCUT2D eigenvalue weighted by molar-refractivity contribution is -0.123. The van der Waals surface area contributed by atoms with E-state index in [4.69, 9.17) is 0 Å². The molecule has 0 aromatic heterocycles. The summed E-state index contributed by atoms with van der Waals surface area (Å²) >= 11 is 0. The molecule has 9 unspecified atom stereocenters. The van der Waals surface area contributed by atoms with Gasteiger partial charge in [0.1, 0.15) is 0 Å². The Balaban J connectivity index is 1.43. The summed E-state index contributed by atoms with van der Waals surface area (Å²) < 4.78 is 0. The molecular weight excluding hydrogens is 376 g/mol. The van der Waals surface area contributed by atoms with Gasteiger partial charge in [-0.05, 0) is 129 Å². The SMILES string of the molecule is CC(C)CCCC(C)C1CCC2C3CCC4C[C@H](CC(C)O)CCC4(C)C3CCC12C. The Bertz CT molecular complexity index is 595. The van der Waals surface area contributed by atoms with Gasteiger partial charge in [-0.15, -0.1) is 0 Å². The number of hydrogen-bond donors (Lipinski definition) is 1. The van der Waals surface area contributed by atoms with Crippen LogP contribution in [-0.4, -0.2) is 11.2 Å². The fourth-order valence-electron chi connectivity index (χ4n) is 10.1. The molecular formula is C30H54O. The number of rotatable bonds is 7. The standard InChI is InChI=1S/C30H54O/c1-20(2)8-7-9-21(3)26-12-13-27-25-11-10-24-19-23(18-22(4)31)14-16-29(24,5)28(25)15-17-30(26,27)6/h20-28,31H,7-19H2,1-6H3/t21?,22?,23-,24?,25?,26?,27?,28?,29?,30?/m0/s1. The van der Waals surface area contributed by atoms with Crippen molar-refractivity contribution in [3.63, 3.8) is 0 Å². The Hall–Kier alpha value is -0.0400. The van der Waals surface area contributed by atoms with Crippen LogP contribution in [0, 0.1) is 58.2 Å². The van der Waals surface area contributed by atoms with Crippen molar-refractivity contribution in [2.45, 2.75) is 131 Å². The zero-order valence-corrected chi connectivity index (χ0v) is 21.8. The van der Waals surface area contributed by atoms with E-state index in [1.807, 2.05) is 6.92 Å². The van der Waals surface area contributed by atoms with Crippen molar-refractivity contribution in [1.82, 2.24) is 0 Å². The van der Waals surface area contributed by atoms with Crippen molar-refractivity contribution in [3.8, 4) is 0 Å². The van der Waals surface area contributed by atoms with Crippen LogP contribution in [0.5, 0.6) is 0 Å². The molecule has 0 spiro atoms. The Labute approximate surface area is 194 Å². The molecule has 0 heterocycles. The average Bonchev–Trinajstić information content (AvgIpc) is 3.05. The van der Waals surface area contributed by atoms with Crippen molar-refractivity contribution in [1.29, 1.82) is 0 Å². The molecule has 0 amide bonds. The summed E-state index contributed by atoms with van der Waals surface area (Å²) in [5.74, 6) is 7.51. The molecule has 4 fully saturated rings. The number of fused-ring (bicyclic) bond motifs is 5. The molecule has 1 N–H and O–H groups in total. The van der Waals surface area contributed by atoms with Crippen molar-refractivity contribution >= 4 is 0 Å². The summed E-state index contributed by atoms with van der Waals surface area (Å²) in [7, 11) is 0. The lowest BCUT2D eigenvalue weighted by Gasteiger charge is -2.61. The van der Waals surface area contributed by atoms with Crippen LogP contribution in [0.4, 0.5) is 0 Å². The lowest BCUT2D eigenvalue weighted by Crippen LogP contribution is -2.53. The molecule has 4 aliphatic carbocycles. The predicted octanol–water partition coefficient (Wildman–Crippen LogP) is 8.49. The van der Waals surface area contributed by atoms with Gasteiger partial charge in [-0.1, -0.05) is 53.9 Å². The van der Waals surface area contributed by atoms with Crippen molar-refractivity contribution in [2.75, 3.05) is 0 Å². The van der Waals surface area contributed by atoms with Gasteiger partial charge in [0.05, 0.1) is 6.10 Å². The van der Waals surface area contributed by atoms with E-state index in [0.717, 1.165) is 53.8 Å². The third-order valence-corrected chi connectivity index (χ3v) is 11.6. The molecule has 180 valence electrons. The van der Waals surface area contributed by atoms with Gasteiger partial charge in [0.25, 0.3) is 0 Å². The fourth-order valence-corrected chi connectivity index (χ4v) is 10.1. The van der Waals surface area contributed by atoms with E-state index in [0.29, 0.717) is 10.8 Å². The van der Waals surface area contributed by atoms with Crippen molar-refractivity contribution in [3.05, 3.63) is 0 Å². The molecule has 0 radical (unpaired) electrons. The fraction of sp³-hybridized carbons (Fsp3) is 1.00. The first-order valence-electron chi connectivity index (χ1n) is 14.3. The van der Waals surface area contributed by atoms with Crippen LogP contribution in [0.2, 0.25) is 0 Å². The molecule has 31 heavy (non-hydrogen) atoms. The summed E-state index contributed by atoms with van der Waals surface area (Å²) in [5.41, 5.74) is 1.23. The molecule has 1 nitrogen and oxygen atoms in total. The average molecular weight is 431 g/mol. The zero-order valence-electron chi connectivity index (χ0n) is 21.8. The van der Waals surface area contributed by atoms with Gasteiger partial charge in [0, 0.05) is 0 Å². The van der Waals surface area contributed by atoms with Crippen LogP contribution < -0.4 is 0 Å². The highest BCUT2D eigenvalue weighted by Crippen LogP contribution is 2.68. The molecule has 0 aromatic rings. The summed E-state index contributed by atoms with van der Waals surface area (Å²) in [5, 5.41) is 9.93. The molecule has 0 aromatic carbocycles. The Morgan fingerprint density at radius 3 is 2.23 bits per heavy atom. The van der Waals surface area contributed by atoms with E-state index in [1.54, 1.807) is 0 Å². The third-order valence-electron chi connectivity index (χ3n) is 11.6. The first kappa shape index (κ1) is 24.1. The third kappa shape index (κ3) is 4.52. The quantitative estimate of drug-likeness (QED) is 0.429. The second-order valence-electron chi connectivity index (χ2n) is 13.9. The van der Waals surface area contributed by atoms with Crippen LogP contribution in [0.15, 0.2) is 0 Å². The monoisotopic (exact) mass is 430 g/mol. The minimum atomic E-state index is -0.112. The van der Waals surface area contributed by atoms with E-state index in [2.05, 4.69) is 34.6 Å². The summed E-state index contributed by atoms with van der Waals surface area (Å²) in [4.78, 5) is 0. The van der Waals surface area contributed by atoms with E-state index < -0.39 is 0 Å². The molecule has 4 saturated carbocycles. The number of hydrogen-bond acceptors (Lipinski definition) is 1. The zero-order chi connectivity index (χ0) is 22.4. The largest absolute Gasteiger partial charge is 0.393 e. The van der Waals surface area contributed by atoms with Gasteiger partial charge in [-0.25, -0.2) is 0 Å². The van der Waals surface area contributed by atoms with Crippen LogP contribution in [0.1, 0.15) is 125 Å². The minimum absolute atomic E-state index is 0.112. The van der Waals surface area contributed by atoms with E-state index in [9.17, 15) is 5.11 Å². The molecule has 10 atom stereocenters. The lowest BCUT2D eigenvalue weighted by atomic mass is 9.44. The number of aliphatic hydroxyl groups is 1. The van der Waals surface area contributed by atoms with Gasteiger partial charge in [-0.3, -0.25) is 0 Å². The first-order valence-corrected chi connectivity index (χ1v) is 14.3. The highest BCUT2D eigenvalue weighted by Gasteiger charge is 2.60. The van der Waals surface area contributed by atoms with Gasteiger partial charge in [0.2, 0.25) is 0 Å². The summed E-state index contributed by atoms with van der Waals surface area (Å²) in [6.07, 6.45) is 18.5. The van der Waals surface area contributed by atoms with Crippen molar-refractivity contribution in [2.24, 2.45) is 58.2 Å². The van der Waals surface area contributed by atoms with Gasteiger partial charge < -0.3 is 5.11 Å².